The highest BCUT2D eigenvalue weighted by molar-refractivity contribution is 7.98. The van der Waals surface area contributed by atoms with E-state index in [9.17, 15) is 17.6 Å². The molecular weight excluding hydrogens is 487 g/mol. The molecule has 1 N–H and O–H groups in total. The molecule has 0 saturated heterocycles. The van der Waals surface area contributed by atoms with Crippen molar-refractivity contribution in [2.75, 3.05) is 30.3 Å². The Morgan fingerprint density at radius 3 is 2.29 bits per heavy atom. The fourth-order valence-corrected chi connectivity index (χ4v) is 5.60. The SMILES string of the molecule is COc1ccc(S(=O)(=O)N(CC(=O)NCCCSCc2ccc(F)cc2)c2ccc(C)cc2)cc1. The lowest BCUT2D eigenvalue weighted by Crippen LogP contribution is -2.41. The zero-order valence-electron chi connectivity index (χ0n) is 19.7. The summed E-state index contributed by atoms with van der Waals surface area (Å²) in [7, 11) is -2.47. The van der Waals surface area contributed by atoms with Crippen LogP contribution in [0.1, 0.15) is 17.5 Å². The Morgan fingerprint density at radius 1 is 1.00 bits per heavy atom. The van der Waals surface area contributed by atoms with Crippen LogP contribution in [0.3, 0.4) is 0 Å². The van der Waals surface area contributed by atoms with Gasteiger partial charge in [0, 0.05) is 12.3 Å². The molecule has 0 fully saturated rings. The van der Waals surface area contributed by atoms with Gasteiger partial charge in [0.2, 0.25) is 5.91 Å². The van der Waals surface area contributed by atoms with E-state index in [0.717, 1.165) is 33.4 Å². The lowest BCUT2D eigenvalue weighted by Gasteiger charge is -2.24. The van der Waals surface area contributed by atoms with Crippen LogP contribution in [0.2, 0.25) is 0 Å². The van der Waals surface area contributed by atoms with Crippen LogP contribution in [-0.4, -0.2) is 40.3 Å². The Labute approximate surface area is 210 Å². The number of ether oxygens (including phenoxy) is 1. The number of nitrogens with zero attached hydrogens (tertiary/aromatic N) is 1. The van der Waals surface area contributed by atoms with E-state index in [1.54, 1.807) is 48.2 Å². The lowest BCUT2D eigenvalue weighted by molar-refractivity contribution is -0.119. The highest BCUT2D eigenvalue weighted by atomic mass is 32.2. The number of halogens is 1. The van der Waals surface area contributed by atoms with Crippen molar-refractivity contribution in [1.29, 1.82) is 0 Å². The van der Waals surface area contributed by atoms with Gasteiger partial charge in [-0.25, -0.2) is 12.8 Å². The number of methoxy groups -OCH3 is 1. The van der Waals surface area contributed by atoms with E-state index in [1.165, 1.54) is 31.4 Å². The number of amides is 1. The second kappa shape index (κ2) is 12.6. The van der Waals surface area contributed by atoms with E-state index < -0.39 is 10.0 Å². The molecular formula is C26H29FN2O4S2. The minimum Gasteiger partial charge on any atom is -0.497 e. The van der Waals surface area contributed by atoms with Crippen LogP contribution in [0.5, 0.6) is 5.75 Å². The highest BCUT2D eigenvalue weighted by Crippen LogP contribution is 2.25. The fraction of sp³-hybridized carbons (Fsp3) is 0.269. The van der Waals surface area contributed by atoms with E-state index in [-0.39, 0.29) is 23.2 Å². The molecule has 0 bridgehead atoms. The molecule has 0 aliphatic carbocycles. The Hall–Kier alpha value is -3.04. The summed E-state index contributed by atoms with van der Waals surface area (Å²) in [5.74, 6) is 1.47. The van der Waals surface area contributed by atoms with Gasteiger partial charge in [0.05, 0.1) is 17.7 Å². The van der Waals surface area contributed by atoms with Crippen molar-refractivity contribution in [3.05, 3.63) is 89.7 Å². The van der Waals surface area contributed by atoms with Crippen molar-refractivity contribution in [2.45, 2.75) is 24.0 Å². The zero-order valence-corrected chi connectivity index (χ0v) is 21.4. The predicted molar refractivity (Wildman–Crippen MR) is 139 cm³/mol. The normalized spacial score (nSPS) is 11.2. The maximum Gasteiger partial charge on any atom is 0.264 e. The van der Waals surface area contributed by atoms with Gasteiger partial charge in [0.25, 0.3) is 10.0 Å². The maximum atomic E-state index is 13.4. The lowest BCUT2D eigenvalue weighted by atomic mass is 10.2. The van der Waals surface area contributed by atoms with Gasteiger partial charge in [-0.05, 0) is 73.2 Å². The summed E-state index contributed by atoms with van der Waals surface area (Å²) in [4.78, 5) is 12.8. The van der Waals surface area contributed by atoms with E-state index in [2.05, 4.69) is 5.32 Å². The molecule has 9 heteroatoms. The molecule has 1 amide bonds. The monoisotopic (exact) mass is 516 g/mol. The third-order valence-corrected chi connectivity index (χ3v) is 8.13. The number of thioether (sulfide) groups is 1. The van der Waals surface area contributed by atoms with Gasteiger partial charge in [-0.1, -0.05) is 29.8 Å². The molecule has 3 aromatic rings. The predicted octanol–water partition coefficient (Wildman–Crippen LogP) is 4.78. The minimum atomic E-state index is -3.97. The Kier molecular flexibility index (Phi) is 9.56. The molecule has 0 aliphatic heterocycles. The second-order valence-corrected chi connectivity index (χ2v) is 10.9. The van der Waals surface area contributed by atoms with Gasteiger partial charge < -0.3 is 10.1 Å². The van der Waals surface area contributed by atoms with Crippen molar-refractivity contribution in [3.63, 3.8) is 0 Å². The Morgan fingerprint density at radius 2 is 1.66 bits per heavy atom. The number of aryl methyl sites for hydroxylation is 1. The quantitative estimate of drug-likeness (QED) is 0.351. The van der Waals surface area contributed by atoms with Gasteiger partial charge in [0.15, 0.2) is 0 Å². The van der Waals surface area contributed by atoms with Crippen LogP contribution in [0.15, 0.2) is 77.7 Å². The first-order valence-corrected chi connectivity index (χ1v) is 13.7. The molecule has 0 aliphatic rings. The number of rotatable bonds is 12. The largest absolute Gasteiger partial charge is 0.497 e. The standard InChI is InChI=1S/C26H29FN2O4S2/c1-20-4-10-23(11-5-20)29(35(31,32)25-14-12-24(33-2)13-15-25)18-26(30)28-16-3-17-34-19-21-6-8-22(27)9-7-21/h4-15H,3,16-19H2,1-2H3,(H,28,30). The molecule has 0 heterocycles. The molecule has 186 valence electrons. The highest BCUT2D eigenvalue weighted by Gasteiger charge is 2.27. The molecule has 0 radical (unpaired) electrons. The van der Waals surface area contributed by atoms with Crippen molar-refractivity contribution in [2.24, 2.45) is 0 Å². The summed E-state index contributed by atoms with van der Waals surface area (Å²) in [5, 5.41) is 2.81. The first-order chi connectivity index (χ1) is 16.8. The summed E-state index contributed by atoms with van der Waals surface area (Å²) in [6.45, 7) is 2.01. The first kappa shape index (κ1) is 26.6. The maximum absolute atomic E-state index is 13.4. The molecule has 6 nitrogen and oxygen atoms in total. The number of benzene rings is 3. The summed E-state index contributed by atoms with van der Waals surface area (Å²) >= 11 is 1.69. The fourth-order valence-electron chi connectivity index (χ4n) is 3.26. The molecule has 0 saturated carbocycles. The van der Waals surface area contributed by atoms with E-state index >= 15 is 0 Å². The Bertz CT molecular complexity index is 1200. The van der Waals surface area contributed by atoms with Crippen LogP contribution in [0, 0.1) is 12.7 Å². The average molecular weight is 517 g/mol. The zero-order chi connectivity index (χ0) is 25.3. The number of nitrogens with one attached hydrogen (secondary N) is 1. The molecule has 3 aromatic carbocycles. The van der Waals surface area contributed by atoms with Gasteiger partial charge in [-0.3, -0.25) is 9.10 Å². The number of carbonyl (C=O) groups is 1. The van der Waals surface area contributed by atoms with Crippen LogP contribution < -0.4 is 14.4 Å². The van der Waals surface area contributed by atoms with Crippen LogP contribution in [0.25, 0.3) is 0 Å². The van der Waals surface area contributed by atoms with Crippen LogP contribution >= 0.6 is 11.8 Å². The van der Waals surface area contributed by atoms with Crippen molar-refractivity contribution < 1.29 is 22.3 Å². The average Bonchev–Trinajstić information content (AvgIpc) is 2.86. The van der Waals surface area contributed by atoms with Gasteiger partial charge in [-0.15, -0.1) is 0 Å². The van der Waals surface area contributed by atoms with Crippen molar-refractivity contribution >= 4 is 33.4 Å². The third-order valence-electron chi connectivity index (χ3n) is 5.23. The summed E-state index contributed by atoms with van der Waals surface area (Å²) in [6, 6.07) is 19.5. The van der Waals surface area contributed by atoms with Crippen molar-refractivity contribution in [3.8, 4) is 5.75 Å². The third kappa shape index (κ3) is 7.73. The summed E-state index contributed by atoms with van der Waals surface area (Å²) in [5.41, 5.74) is 2.44. The Balaban J connectivity index is 1.59. The number of carbonyl (C=O) groups excluding carboxylic acids is 1. The second-order valence-electron chi connectivity index (χ2n) is 7.91. The molecule has 0 unspecified atom stereocenters. The smallest absolute Gasteiger partial charge is 0.264 e. The van der Waals surface area contributed by atoms with Crippen LogP contribution in [0.4, 0.5) is 10.1 Å². The molecule has 3 rings (SSSR count). The van der Waals surface area contributed by atoms with Gasteiger partial charge >= 0.3 is 0 Å². The van der Waals surface area contributed by atoms with Gasteiger partial charge in [-0.2, -0.15) is 11.8 Å². The molecule has 35 heavy (non-hydrogen) atoms. The van der Waals surface area contributed by atoms with Crippen LogP contribution in [-0.2, 0) is 20.6 Å². The molecule has 0 aromatic heterocycles. The minimum absolute atomic E-state index is 0.0730. The van der Waals surface area contributed by atoms with E-state index in [4.69, 9.17) is 4.74 Å². The summed E-state index contributed by atoms with van der Waals surface area (Å²) < 4.78 is 46.0. The van der Waals surface area contributed by atoms with E-state index in [0.29, 0.717) is 18.0 Å². The number of hydrogen-bond acceptors (Lipinski definition) is 5. The van der Waals surface area contributed by atoms with E-state index in [1.807, 2.05) is 19.1 Å². The summed E-state index contributed by atoms with van der Waals surface area (Å²) in [6.07, 6.45) is 0.730. The number of anilines is 1. The van der Waals surface area contributed by atoms with Crippen molar-refractivity contribution in [1.82, 2.24) is 5.32 Å². The number of sulfonamides is 1. The topological polar surface area (TPSA) is 75.7 Å². The number of hydrogen-bond donors (Lipinski definition) is 1. The molecule has 0 atom stereocenters. The first-order valence-electron chi connectivity index (χ1n) is 11.1. The molecule has 0 spiro atoms. The van der Waals surface area contributed by atoms with Gasteiger partial charge in [0.1, 0.15) is 18.1 Å².